The maximum atomic E-state index is 11.6. The first-order valence-electron chi connectivity index (χ1n) is 7.46. The summed E-state index contributed by atoms with van der Waals surface area (Å²) in [6.07, 6.45) is 2.52. The first-order chi connectivity index (χ1) is 11.2. The number of amides is 1. The van der Waals surface area contributed by atoms with Crippen LogP contribution in [0.1, 0.15) is 21.6 Å². The van der Waals surface area contributed by atoms with E-state index < -0.39 is 0 Å². The van der Waals surface area contributed by atoms with Crippen LogP contribution in [0.3, 0.4) is 0 Å². The second-order valence-corrected chi connectivity index (χ2v) is 4.96. The predicted molar refractivity (Wildman–Crippen MR) is 90.3 cm³/mol. The van der Waals surface area contributed by atoms with Crippen LogP contribution in [0.25, 0.3) is 0 Å². The number of guanidine groups is 1. The Labute approximate surface area is 135 Å². The van der Waals surface area contributed by atoms with Crippen LogP contribution in [0.5, 0.6) is 0 Å². The summed E-state index contributed by atoms with van der Waals surface area (Å²) in [6.45, 7) is 1.35. The molecule has 0 radical (unpaired) electrons. The van der Waals surface area contributed by atoms with Gasteiger partial charge in [-0.3, -0.25) is 14.9 Å². The average Bonchev–Trinajstić information content (AvgIpc) is 3.11. The minimum absolute atomic E-state index is 0.0724. The smallest absolute Gasteiger partial charge is 0.251 e. The minimum Gasteiger partial charge on any atom is -0.356 e. The fourth-order valence-corrected chi connectivity index (χ4v) is 2.12. The van der Waals surface area contributed by atoms with Crippen LogP contribution in [0, 0.1) is 0 Å². The zero-order valence-electron chi connectivity index (χ0n) is 13.4. The summed E-state index contributed by atoms with van der Waals surface area (Å²) in [5, 5.41) is 15.9. The molecule has 0 aliphatic carbocycles. The normalized spacial score (nSPS) is 11.1. The maximum absolute atomic E-state index is 11.6. The van der Waals surface area contributed by atoms with Crippen LogP contribution < -0.4 is 16.0 Å². The van der Waals surface area contributed by atoms with Gasteiger partial charge >= 0.3 is 0 Å². The molecular formula is C16H22N6O. The third-order valence-electron chi connectivity index (χ3n) is 3.35. The zero-order valence-corrected chi connectivity index (χ0v) is 13.4. The van der Waals surface area contributed by atoms with Gasteiger partial charge in [-0.15, -0.1) is 0 Å². The van der Waals surface area contributed by atoms with E-state index in [2.05, 4.69) is 31.1 Å². The van der Waals surface area contributed by atoms with Crippen molar-refractivity contribution in [3.05, 3.63) is 53.3 Å². The van der Waals surface area contributed by atoms with E-state index in [1.54, 1.807) is 26.4 Å². The maximum Gasteiger partial charge on any atom is 0.251 e. The molecule has 0 aliphatic rings. The monoisotopic (exact) mass is 314 g/mol. The Morgan fingerprint density at radius 1 is 1.30 bits per heavy atom. The Hall–Kier alpha value is -2.83. The van der Waals surface area contributed by atoms with E-state index in [4.69, 9.17) is 0 Å². The fraction of sp³-hybridized carbons (Fsp3) is 0.312. The number of aliphatic imine (C=N–C) groups is 1. The first kappa shape index (κ1) is 16.5. The highest BCUT2D eigenvalue weighted by Gasteiger charge is 2.04. The van der Waals surface area contributed by atoms with E-state index in [-0.39, 0.29) is 5.91 Å². The van der Waals surface area contributed by atoms with Crippen molar-refractivity contribution in [2.75, 3.05) is 20.6 Å². The first-order valence-corrected chi connectivity index (χ1v) is 7.46. The van der Waals surface area contributed by atoms with E-state index in [1.807, 2.05) is 24.3 Å². The summed E-state index contributed by atoms with van der Waals surface area (Å²) in [4.78, 5) is 15.8. The summed E-state index contributed by atoms with van der Waals surface area (Å²) < 4.78 is 0. The molecule has 1 heterocycles. The molecule has 0 fully saturated rings. The van der Waals surface area contributed by atoms with Gasteiger partial charge in [0.05, 0.1) is 12.2 Å². The Kier molecular flexibility index (Phi) is 6.17. The average molecular weight is 314 g/mol. The van der Waals surface area contributed by atoms with Crippen molar-refractivity contribution in [3.63, 3.8) is 0 Å². The lowest BCUT2D eigenvalue weighted by Gasteiger charge is -2.11. The van der Waals surface area contributed by atoms with Gasteiger partial charge in [0.15, 0.2) is 5.96 Å². The lowest BCUT2D eigenvalue weighted by atomic mass is 10.1. The molecule has 0 spiro atoms. The highest BCUT2D eigenvalue weighted by atomic mass is 16.1. The van der Waals surface area contributed by atoms with Gasteiger partial charge in [0.25, 0.3) is 5.91 Å². The topological polar surface area (TPSA) is 94.2 Å². The molecule has 7 heteroatoms. The van der Waals surface area contributed by atoms with E-state index in [9.17, 15) is 4.79 Å². The van der Waals surface area contributed by atoms with Gasteiger partial charge in [0, 0.05) is 32.4 Å². The molecular weight excluding hydrogens is 292 g/mol. The number of H-pyrrole nitrogens is 1. The number of aromatic nitrogens is 2. The number of rotatable bonds is 6. The standard InChI is InChI=1S/C16H22N6O/c1-17-15(23)13-5-3-4-12(10-13)6-8-19-16(18-2)20-11-14-7-9-21-22-14/h3-5,7,9-10H,6,8,11H2,1-2H3,(H,17,23)(H,21,22)(H2,18,19,20). The number of nitrogens with zero attached hydrogens (tertiary/aromatic N) is 2. The SMILES string of the molecule is CN=C(NCCc1cccc(C(=O)NC)c1)NCc1ccn[nH]1. The van der Waals surface area contributed by atoms with Crippen molar-refractivity contribution in [1.82, 2.24) is 26.1 Å². The summed E-state index contributed by atoms with van der Waals surface area (Å²) in [6, 6.07) is 9.52. The van der Waals surface area contributed by atoms with Crippen molar-refractivity contribution in [1.29, 1.82) is 0 Å². The van der Waals surface area contributed by atoms with Gasteiger partial charge in [-0.25, -0.2) is 0 Å². The third kappa shape index (κ3) is 5.14. The number of benzene rings is 1. The largest absolute Gasteiger partial charge is 0.356 e. The molecule has 7 nitrogen and oxygen atoms in total. The predicted octanol–water partition coefficient (Wildman–Crippen LogP) is 0.677. The van der Waals surface area contributed by atoms with E-state index >= 15 is 0 Å². The van der Waals surface area contributed by atoms with Crippen LogP contribution in [-0.2, 0) is 13.0 Å². The molecule has 1 amide bonds. The van der Waals surface area contributed by atoms with E-state index in [1.165, 1.54) is 0 Å². The second kappa shape index (κ2) is 8.57. The van der Waals surface area contributed by atoms with Crippen LogP contribution in [0.15, 0.2) is 41.5 Å². The van der Waals surface area contributed by atoms with Gasteiger partial charge in [0.2, 0.25) is 0 Å². The quantitative estimate of drug-likeness (QED) is 0.466. The zero-order chi connectivity index (χ0) is 16.5. The van der Waals surface area contributed by atoms with Crippen molar-refractivity contribution in [2.45, 2.75) is 13.0 Å². The highest BCUT2D eigenvalue weighted by molar-refractivity contribution is 5.94. The van der Waals surface area contributed by atoms with Crippen LogP contribution in [0.4, 0.5) is 0 Å². The van der Waals surface area contributed by atoms with Gasteiger partial charge in [-0.05, 0) is 30.2 Å². The minimum atomic E-state index is -0.0724. The van der Waals surface area contributed by atoms with Gasteiger partial charge in [-0.2, -0.15) is 5.10 Å². The van der Waals surface area contributed by atoms with Gasteiger partial charge in [0.1, 0.15) is 0 Å². The molecule has 1 aromatic carbocycles. The number of hydrogen-bond donors (Lipinski definition) is 4. The molecule has 0 bridgehead atoms. The van der Waals surface area contributed by atoms with Crippen molar-refractivity contribution < 1.29 is 4.79 Å². The van der Waals surface area contributed by atoms with Gasteiger partial charge < -0.3 is 16.0 Å². The molecule has 122 valence electrons. The summed E-state index contributed by atoms with van der Waals surface area (Å²) >= 11 is 0. The number of aromatic amines is 1. The Morgan fingerprint density at radius 2 is 2.17 bits per heavy atom. The highest BCUT2D eigenvalue weighted by Crippen LogP contribution is 2.05. The number of carbonyl (C=O) groups is 1. The molecule has 0 atom stereocenters. The molecule has 0 aliphatic heterocycles. The molecule has 2 aromatic rings. The molecule has 0 saturated carbocycles. The van der Waals surface area contributed by atoms with Crippen molar-refractivity contribution >= 4 is 11.9 Å². The Bertz CT molecular complexity index is 650. The van der Waals surface area contributed by atoms with Crippen LogP contribution in [0.2, 0.25) is 0 Å². The number of carbonyl (C=O) groups excluding carboxylic acids is 1. The fourth-order valence-electron chi connectivity index (χ4n) is 2.12. The molecule has 2 rings (SSSR count). The van der Waals surface area contributed by atoms with Crippen molar-refractivity contribution in [3.8, 4) is 0 Å². The van der Waals surface area contributed by atoms with Crippen LogP contribution >= 0.6 is 0 Å². The molecule has 0 unspecified atom stereocenters. The summed E-state index contributed by atoms with van der Waals surface area (Å²) in [5.74, 6) is 0.652. The van der Waals surface area contributed by atoms with Crippen molar-refractivity contribution in [2.24, 2.45) is 4.99 Å². The van der Waals surface area contributed by atoms with Gasteiger partial charge in [-0.1, -0.05) is 12.1 Å². The lowest BCUT2D eigenvalue weighted by Crippen LogP contribution is -2.37. The third-order valence-corrected chi connectivity index (χ3v) is 3.35. The summed E-state index contributed by atoms with van der Waals surface area (Å²) in [7, 11) is 3.36. The Morgan fingerprint density at radius 3 is 2.87 bits per heavy atom. The second-order valence-electron chi connectivity index (χ2n) is 4.96. The molecule has 4 N–H and O–H groups in total. The number of nitrogens with one attached hydrogen (secondary N) is 4. The summed E-state index contributed by atoms with van der Waals surface area (Å²) in [5.41, 5.74) is 2.76. The molecule has 0 saturated heterocycles. The number of hydrogen-bond acceptors (Lipinski definition) is 3. The Balaban J connectivity index is 1.80. The van der Waals surface area contributed by atoms with Crippen LogP contribution in [-0.4, -0.2) is 42.7 Å². The lowest BCUT2D eigenvalue weighted by molar-refractivity contribution is 0.0963. The van der Waals surface area contributed by atoms with E-state index in [0.717, 1.165) is 30.2 Å². The van der Waals surface area contributed by atoms with E-state index in [0.29, 0.717) is 12.1 Å². The molecule has 1 aromatic heterocycles. The molecule has 23 heavy (non-hydrogen) atoms.